The van der Waals surface area contributed by atoms with Crippen molar-refractivity contribution in [1.82, 2.24) is 0 Å². The molecular formula is C16H26O2. The smallest absolute Gasteiger partial charge is 0.185 e. The van der Waals surface area contributed by atoms with Crippen LogP contribution >= 0.6 is 0 Å². The van der Waals surface area contributed by atoms with E-state index >= 15 is 0 Å². The molecule has 2 unspecified atom stereocenters. The van der Waals surface area contributed by atoms with Crippen molar-refractivity contribution in [2.24, 2.45) is 0 Å². The third-order valence-electron chi connectivity index (χ3n) is 2.91. The van der Waals surface area contributed by atoms with E-state index in [1.54, 1.807) is 0 Å². The minimum atomic E-state index is -0.546. The normalized spacial score (nSPS) is 28.9. The summed E-state index contributed by atoms with van der Waals surface area (Å²) in [5.41, 5.74) is 2.76. The molecule has 0 aromatic carbocycles. The van der Waals surface area contributed by atoms with Gasteiger partial charge >= 0.3 is 0 Å². The summed E-state index contributed by atoms with van der Waals surface area (Å²) in [6.07, 6.45) is 10.8. The Morgan fingerprint density at radius 1 is 1.33 bits per heavy atom. The second kappa shape index (κ2) is 6.91. The Hall–Kier alpha value is -0.860. The van der Waals surface area contributed by atoms with Crippen LogP contribution in [0.1, 0.15) is 47.5 Å². The molecule has 2 heteroatoms. The molecule has 102 valence electrons. The average molecular weight is 250 g/mol. The molecule has 0 radical (unpaired) electrons. The Morgan fingerprint density at radius 3 is 2.61 bits per heavy atom. The van der Waals surface area contributed by atoms with Gasteiger partial charge in [0, 0.05) is 0 Å². The highest BCUT2D eigenvalue weighted by Gasteiger charge is 2.32. The lowest BCUT2D eigenvalue weighted by atomic mass is 10.1. The van der Waals surface area contributed by atoms with Crippen molar-refractivity contribution >= 4 is 0 Å². The van der Waals surface area contributed by atoms with Gasteiger partial charge in [0.15, 0.2) is 5.79 Å². The number of rotatable bonds is 5. The highest BCUT2D eigenvalue weighted by molar-refractivity contribution is 5.14. The molecule has 1 saturated heterocycles. The topological polar surface area (TPSA) is 18.5 Å². The molecule has 0 N–H and O–H groups in total. The van der Waals surface area contributed by atoms with E-state index < -0.39 is 5.79 Å². The molecular weight excluding hydrogens is 224 g/mol. The van der Waals surface area contributed by atoms with Crippen LogP contribution in [0.3, 0.4) is 0 Å². The molecule has 0 aliphatic carbocycles. The number of hydrogen-bond acceptors (Lipinski definition) is 2. The van der Waals surface area contributed by atoms with Crippen LogP contribution in [0.25, 0.3) is 0 Å². The van der Waals surface area contributed by atoms with Crippen LogP contribution in [-0.2, 0) is 9.47 Å². The Morgan fingerprint density at radius 2 is 2.06 bits per heavy atom. The Kier molecular flexibility index (Phi) is 5.83. The monoisotopic (exact) mass is 250 g/mol. The standard InChI is InChI=1S/C16H26O2/c1-13(2)8-6-9-14(3)10-7-11-16(5)17-12-15(4)18-16/h7-8,10-11,15H,6,9,12H2,1-5H3/b11-7+,14-10+. The summed E-state index contributed by atoms with van der Waals surface area (Å²) < 4.78 is 11.3. The minimum absolute atomic E-state index is 0.183. The lowest BCUT2D eigenvalue weighted by molar-refractivity contribution is -0.111. The molecule has 0 aromatic rings. The highest BCUT2D eigenvalue weighted by Crippen LogP contribution is 2.24. The van der Waals surface area contributed by atoms with E-state index in [1.165, 1.54) is 11.1 Å². The zero-order valence-corrected chi connectivity index (χ0v) is 12.3. The van der Waals surface area contributed by atoms with Gasteiger partial charge < -0.3 is 9.47 Å². The van der Waals surface area contributed by atoms with Crippen molar-refractivity contribution in [3.63, 3.8) is 0 Å². The third-order valence-corrected chi connectivity index (χ3v) is 2.91. The SMILES string of the molecule is CC(C)=CCC/C(C)=C/C=C/C1(C)OCC(C)O1. The molecule has 18 heavy (non-hydrogen) atoms. The quantitative estimate of drug-likeness (QED) is 0.532. The summed E-state index contributed by atoms with van der Waals surface area (Å²) >= 11 is 0. The van der Waals surface area contributed by atoms with Crippen LogP contribution in [0.4, 0.5) is 0 Å². The lowest BCUT2D eigenvalue weighted by Crippen LogP contribution is -2.22. The second-order valence-corrected chi connectivity index (χ2v) is 5.45. The van der Waals surface area contributed by atoms with E-state index in [1.807, 2.05) is 26.0 Å². The van der Waals surface area contributed by atoms with Crippen molar-refractivity contribution < 1.29 is 9.47 Å². The summed E-state index contributed by atoms with van der Waals surface area (Å²) in [6.45, 7) is 11.1. The van der Waals surface area contributed by atoms with Gasteiger partial charge in [-0.3, -0.25) is 0 Å². The summed E-state index contributed by atoms with van der Waals surface area (Å²) in [5.74, 6) is -0.546. The van der Waals surface area contributed by atoms with Gasteiger partial charge in [-0.25, -0.2) is 0 Å². The van der Waals surface area contributed by atoms with Crippen LogP contribution in [0.15, 0.2) is 35.5 Å². The summed E-state index contributed by atoms with van der Waals surface area (Å²) in [5, 5.41) is 0. The maximum absolute atomic E-state index is 5.70. The maximum atomic E-state index is 5.70. The molecule has 0 saturated carbocycles. The molecule has 2 nitrogen and oxygen atoms in total. The van der Waals surface area contributed by atoms with Gasteiger partial charge in [0.2, 0.25) is 0 Å². The Balaban J connectivity index is 2.40. The molecule has 1 fully saturated rings. The summed E-state index contributed by atoms with van der Waals surface area (Å²) in [4.78, 5) is 0. The third kappa shape index (κ3) is 5.65. The first-order chi connectivity index (χ1) is 8.41. The van der Waals surface area contributed by atoms with E-state index in [2.05, 4.69) is 32.9 Å². The predicted octanol–water partition coefficient (Wildman–Crippen LogP) is 4.39. The van der Waals surface area contributed by atoms with Crippen molar-refractivity contribution in [3.05, 3.63) is 35.5 Å². The van der Waals surface area contributed by atoms with Gasteiger partial charge in [0.25, 0.3) is 0 Å². The largest absolute Gasteiger partial charge is 0.344 e. The fraction of sp³-hybridized carbons (Fsp3) is 0.625. The fourth-order valence-electron chi connectivity index (χ4n) is 1.90. The summed E-state index contributed by atoms with van der Waals surface area (Å²) in [7, 11) is 0. The molecule has 1 heterocycles. The first-order valence-corrected chi connectivity index (χ1v) is 6.71. The first kappa shape index (κ1) is 15.2. The van der Waals surface area contributed by atoms with Gasteiger partial charge in [-0.05, 0) is 53.5 Å². The van der Waals surface area contributed by atoms with Crippen LogP contribution in [0.5, 0.6) is 0 Å². The van der Waals surface area contributed by atoms with E-state index in [9.17, 15) is 0 Å². The Labute approximate surface area is 111 Å². The number of ether oxygens (including phenoxy) is 2. The van der Waals surface area contributed by atoms with Gasteiger partial charge in [-0.15, -0.1) is 0 Å². The highest BCUT2D eigenvalue weighted by atomic mass is 16.7. The van der Waals surface area contributed by atoms with E-state index in [4.69, 9.17) is 9.47 Å². The van der Waals surface area contributed by atoms with Gasteiger partial charge in [-0.1, -0.05) is 29.4 Å². The molecule has 0 bridgehead atoms. The molecule has 1 rings (SSSR count). The zero-order valence-electron chi connectivity index (χ0n) is 12.3. The second-order valence-electron chi connectivity index (χ2n) is 5.45. The maximum Gasteiger partial charge on any atom is 0.185 e. The molecule has 0 amide bonds. The zero-order chi connectivity index (χ0) is 13.6. The van der Waals surface area contributed by atoms with Crippen molar-refractivity contribution in [2.75, 3.05) is 6.61 Å². The number of allylic oxidation sites excluding steroid dienone is 5. The Bertz CT molecular complexity index is 348. The van der Waals surface area contributed by atoms with Crippen LogP contribution in [0, 0.1) is 0 Å². The van der Waals surface area contributed by atoms with Crippen molar-refractivity contribution in [3.8, 4) is 0 Å². The van der Waals surface area contributed by atoms with Crippen molar-refractivity contribution in [2.45, 2.75) is 59.4 Å². The van der Waals surface area contributed by atoms with E-state index in [0.717, 1.165) is 12.8 Å². The van der Waals surface area contributed by atoms with Gasteiger partial charge in [-0.2, -0.15) is 0 Å². The molecule has 2 atom stereocenters. The molecule has 0 aromatic heterocycles. The summed E-state index contributed by atoms with van der Waals surface area (Å²) in [6, 6.07) is 0. The van der Waals surface area contributed by atoms with E-state index in [-0.39, 0.29) is 6.10 Å². The van der Waals surface area contributed by atoms with Crippen LogP contribution in [0.2, 0.25) is 0 Å². The predicted molar refractivity (Wildman–Crippen MR) is 76.5 cm³/mol. The lowest BCUT2D eigenvalue weighted by Gasteiger charge is -2.17. The minimum Gasteiger partial charge on any atom is -0.344 e. The average Bonchev–Trinajstić information content (AvgIpc) is 2.58. The van der Waals surface area contributed by atoms with Gasteiger partial charge in [0.05, 0.1) is 12.7 Å². The van der Waals surface area contributed by atoms with E-state index in [0.29, 0.717) is 6.61 Å². The van der Waals surface area contributed by atoms with Crippen LogP contribution < -0.4 is 0 Å². The van der Waals surface area contributed by atoms with Gasteiger partial charge in [0.1, 0.15) is 0 Å². The molecule has 1 aliphatic rings. The molecule has 0 spiro atoms. The molecule has 1 aliphatic heterocycles. The first-order valence-electron chi connectivity index (χ1n) is 6.71. The van der Waals surface area contributed by atoms with Crippen LogP contribution in [-0.4, -0.2) is 18.5 Å². The number of hydrogen-bond donors (Lipinski definition) is 0. The van der Waals surface area contributed by atoms with Crippen molar-refractivity contribution in [1.29, 1.82) is 0 Å². The fourth-order valence-corrected chi connectivity index (χ4v) is 1.90.